The normalized spacial score (nSPS) is 23.4. The van der Waals surface area contributed by atoms with Crippen molar-refractivity contribution in [2.75, 3.05) is 0 Å². The van der Waals surface area contributed by atoms with Crippen molar-refractivity contribution in [2.45, 2.75) is 36.2 Å². The second-order valence-electron chi connectivity index (χ2n) is 4.64. The first-order valence-corrected chi connectivity index (χ1v) is 7.39. The van der Waals surface area contributed by atoms with Crippen LogP contribution in [0, 0.1) is 10.1 Å². The Labute approximate surface area is 111 Å². The van der Waals surface area contributed by atoms with Crippen LogP contribution in [0.5, 0.6) is 0 Å². The van der Waals surface area contributed by atoms with Gasteiger partial charge in [0.25, 0.3) is 5.69 Å². The summed E-state index contributed by atoms with van der Waals surface area (Å²) in [5, 5.41) is 10.5. The molecule has 3 N–H and O–H groups in total. The van der Waals surface area contributed by atoms with E-state index in [2.05, 4.69) is 4.72 Å². The van der Waals surface area contributed by atoms with E-state index in [1.54, 1.807) is 0 Å². The smallest absolute Gasteiger partial charge is 0.269 e. The van der Waals surface area contributed by atoms with Gasteiger partial charge >= 0.3 is 0 Å². The molecule has 0 saturated heterocycles. The van der Waals surface area contributed by atoms with Gasteiger partial charge in [-0.25, -0.2) is 13.1 Å². The Bertz CT molecular complexity index is 570. The van der Waals surface area contributed by atoms with Gasteiger partial charge in [0, 0.05) is 24.2 Å². The predicted octanol–water partition coefficient (Wildman–Crippen LogP) is 0.753. The Hall–Kier alpha value is -1.51. The van der Waals surface area contributed by atoms with Crippen LogP contribution in [0.1, 0.15) is 19.3 Å². The number of benzene rings is 1. The van der Waals surface area contributed by atoms with Crippen molar-refractivity contribution in [3.63, 3.8) is 0 Å². The molecule has 0 spiro atoms. The van der Waals surface area contributed by atoms with Crippen molar-refractivity contribution in [3.05, 3.63) is 34.4 Å². The first kappa shape index (κ1) is 13.9. The second kappa shape index (κ2) is 5.24. The minimum atomic E-state index is -3.64. The van der Waals surface area contributed by atoms with E-state index in [1.807, 2.05) is 0 Å². The minimum Gasteiger partial charge on any atom is -0.328 e. The fourth-order valence-corrected chi connectivity index (χ4v) is 3.44. The van der Waals surface area contributed by atoms with Gasteiger partial charge in [-0.05, 0) is 31.4 Å². The summed E-state index contributed by atoms with van der Waals surface area (Å²) >= 11 is 0. The van der Waals surface area contributed by atoms with Gasteiger partial charge in [0.2, 0.25) is 10.0 Å². The van der Waals surface area contributed by atoms with Crippen LogP contribution in [0.25, 0.3) is 0 Å². The molecule has 2 atom stereocenters. The maximum Gasteiger partial charge on any atom is 0.269 e. The molecule has 0 aliphatic heterocycles. The van der Waals surface area contributed by atoms with Crippen molar-refractivity contribution in [1.82, 2.24) is 4.72 Å². The summed E-state index contributed by atoms with van der Waals surface area (Å²) in [6.45, 7) is 0. The van der Waals surface area contributed by atoms with E-state index in [4.69, 9.17) is 5.73 Å². The van der Waals surface area contributed by atoms with Crippen LogP contribution in [0.2, 0.25) is 0 Å². The molecule has 8 heteroatoms. The van der Waals surface area contributed by atoms with E-state index < -0.39 is 14.9 Å². The van der Waals surface area contributed by atoms with E-state index in [9.17, 15) is 18.5 Å². The molecule has 2 unspecified atom stereocenters. The molecule has 19 heavy (non-hydrogen) atoms. The van der Waals surface area contributed by atoms with Gasteiger partial charge in [-0.1, -0.05) is 0 Å². The molecule has 1 fully saturated rings. The second-order valence-corrected chi connectivity index (χ2v) is 6.36. The number of nitrogens with zero attached hydrogens (tertiary/aromatic N) is 1. The van der Waals surface area contributed by atoms with Crippen LogP contribution in [0.3, 0.4) is 0 Å². The van der Waals surface area contributed by atoms with Crippen molar-refractivity contribution in [3.8, 4) is 0 Å². The lowest BCUT2D eigenvalue weighted by atomic mass is 10.2. The highest BCUT2D eigenvalue weighted by Crippen LogP contribution is 2.21. The molecule has 2 rings (SSSR count). The lowest BCUT2D eigenvalue weighted by molar-refractivity contribution is -0.384. The molecule has 1 aliphatic carbocycles. The summed E-state index contributed by atoms with van der Waals surface area (Å²) in [7, 11) is -3.64. The maximum atomic E-state index is 12.1. The number of rotatable bonds is 4. The van der Waals surface area contributed by atoms with Crippen molar-refractivity contribution >= 4 is 15.7 Å². The Kier molecular flexibility index (Phi) is 3.83. The summed E-state index contributed by atoms with van der Waals surface area (Å²) < 4.78 is 26.7. The third-order valence-electron chi connectivity index (χ3n) is 3.15. The third kappa shape index (κ3) is 3.28. The van der Waals surface area contributed by atoms with Crippen molar-refractivity contribution < 1.29 is 13.3 Å². The molecular weight excluding hydrogens is 270 g/mol. The van der Waals surface area contributed by atoms with Crippen LogP contribution in [-0.4, -0.2) is 25.4 Å². The Morgan fingerprint density at radius 1 is 1.26 bits per heavy atom. The summed E-state index contributed by atoms with van der Waals surface area (Å²) in [4.78, 5) is 9.96. The number of sulfonamides is 1. The average Bonchev–Trinajstić information content (AvgIpc) is 2.74. The summed E-state index contributed by atoms with van der Waals surface area (Å²) in [5.74, 6) is 0. The largest absolute Gasteiger partial charge is 0.328 e. The van der Waals surface area contributed by atoms with Gasteiger partial charge in [0.15, 0.2) is 0 Å². The lowest BCUT2D eigenvalue weighted by Gasteiger charge is -2.12. The van der Waals surface area contributed by atoms with Gasteiger partial charge in [-0.3, -0.25) is 10.1 Å². The van der Waals surface area contributed by atoms with Crippen molar-refractivity contribution in [1.29, 1.82) is 0 Å². The topological polar surface area (TPSA) is 115 Å². The maximum absolute atomic E-state index is 12.1. The highest BCUT2D eigenvalue weighted by molar-refractivity contribution is 7.89. The molecule has 1 aromatic carbocycles. The number of nitrogens with one attached hydrogen (secondary N) is 1. The van der Waals surface area contributed by atoms with E-state index in [1.165, 1.54) is 24.3 Å². The van der Waals surface area contributed by atoms with E-state index in [0.29, 0.717) is 12.8 Å². The zero-order valence-electron chi connectivity index (χ0n) is 10.2. The number of nitro groups is 1. The highest BCUT2D eigenvalue weighted by Gasteiger charge is 2.26. The van der Waals surface area contributed by atoms with Crippen LogP contribution in [-0.2, 0) is 10.0 Å². The third-order valence-corrected chi connectivity index (χ3v) is 4.69. The summed E-state index contributed by atoms with van der Waals surface area (Å²) in [6.07, 6.45) is 2.13. The Balaban J connectivity index is 2.13. The molecule has 0 bridgehead atoms. The zero-order valence-corrected chi connectivity index (χ0v) is 11.0. The highest BCUT2D eigenvalue weighted by atomic mass is 32.2. The predicted molar refractivity (Wildman–Crippen MR) is 69.0 cm³/mol. The van der Waals surface area contributed by atoms with E-state index in [0.717, 1.165) is 6.42 Å². The molecular formula is C11H15N3O4S. The molecule has 1 saturated carbocycles. The quantitative estimate of drug-likeness (QED) is 0.625. The van der Waals surface area contributed by atoms with E-state index >= 15 is 0 Å². The standard InChI is InChI=1S/C11H15N3O4S/c12-8-1-2-9(7-8)13-19(17,18)11-5-3-10(4-6-11)14(15)16/h3-6,8-9,13H,1-2,7,12H2. The molecule has 104 valence electrons. The van der Waals surface area contributed by atoms with Crippen molar-refractivity contribution in [2.24, 2.45) is 5.73 Å². The Morgan fingerprint density at radius 2 is 1.89 bits per heavy atom. The summed E-state index contributed by atoms with van der Waals surface area (Å²) in [6, 6.07) is 4.69. The molecule has 1 aromatic rings. The molecule has 0 heterocycles. The molecule has 0 radical (unpaired) electrons. The van der Waals surface area contributed by atoms with Crippen LogP contribution in [0.4, 0.5) is 5.69 Å². The lowest BCUT2D eigenvalue weighted by Crippen LogP contribution is -2.34. The van der Waals surface area contributed by atoms with Crippen LogP contribution in [0.15, 0.2) is 29.2 Å². The number of hydrogen-bond acceptors (Lipinski definition) is 5. The number of nitrogens with two attached hydrogens (primary N) is 1. The molecule has 0 aromatic heterocycles. The first-order chi connectivity index (χ1) is 8.88. The van der Waals surface area contributed by atoms with Crippen LogP contribution < -0.4 is 10.5 Å². The molecule has 7 nitrogen and oxygen atoms in total. The molecule has 1 aliphatic rings. The van der Waals surface area contributed by atoms with Gasteiger partial charge in [-0.2, -0.15) is 0 Å². The van der Waals surface area contributed by atoms with Gasteiger partial charge in [0.1, 0.15) is 0 Å². The summed E-state index contributed by atoms with van der Waals surface area (Å²) in [5.41, 5.74) is 5.59. The number of non-ortho nitro benzene ring substituents is 1. The number of nitro benzene ring substituents is 1. The van der Waals surface area contributed by atoms with E-state index in [-0.39, 0.29) is 22.7 Å². The Morgan fingerprint density at radius 3 is 2.37 bits per heavy atom. The first-order valence-electron chi connectivity index (χ1n) is 5.91. The monoisotopic (exact) mass is 285 g/mol. The fourth-order valence-electron chi connectivity index (χ4n) is 2.16. The van der Waals surface area contributed by atoms with Crippen LogP contribution >= 0.6 is 0 Å². The minimum absolute atomic E-state index is 0.0265. The zero-order chi connectivity index (χ0) is 14.0. The SMILES string of the molecule is NC1CCC(NS(=O)(=O)c2ccc([N+](=O)[O-])cc2)C1. The average molecular weight is 285 g/mol. The number of hydrogen-bond donors (Lipinski definition) is 2. The van der Waals surface area contributed by atoms with Gasteiger partial charge in [-0.15, -0.1) is 0 Å². The fraction of sp³-hybridized carbons (Fsp3) is 0.455. The van der Waals surface area contributed by atoms with Gasteiger partial charge < -0.3 is 5.73 Å². The molecule has 0 amide bonds. The van der Waals surface area contributed by atoms with Gasteiger partial charge in [0.05, 0.1) is 9.82 Å².